The number of benzene rings is 1. The van der Waals surface area contributed by atoms with Crippen molar-refractivity contribution in [3.63, 3.8) is 0 Å². The summed E-state index contributed by atoms with van der Waals surface area (Å²) in [6.07, 6.45) is 2.81. The predicted molar refractivity (Wildman–Crippen MR) is 60.7 cm³/mol. The highest BCUT2D eigenvalue weighted by molar-refractivity contribution is 5.91. The quantitative estimate of drug-likeness (QED) is 0.803. The van der Waals surface area contributed by atoms with Crippen molar-refractivity contribution in [2.45, 2.75) is 6.61 Å². The van der Waals surface area contributed by atoms with E-state index in [1.165, 1.54) is 18.6 Å². The molecule has 1 aromatic heterocycles. The van der Waals surface area contributed by atoms with Crippen LogP contribution in [0.15, 0.2) is 48.9 Å². The van der Waals surface area contributed by atoms with Crippen molar-refractivity contribution in [1.82, 2.24) is 15.4 Å². The van der Waals surface area contributed by atoms with Crippen molar-refractivity contribution in [2.24, 2.45) is 0 Å². The van der Waals surface area contributed by atoms with Crippen LogP contribution < -0.4 is 5.48 Å². The highest BCUT2D eigenvalue weighted by atomic mass is 16.6. The van der Waals surface area contributed by atoms with Crippen molar-refractivity contribution in [3.05, 3.63) is 60.2 Å². The van der Waals surface area contributed by atoms with E-state index >= 15 is 0 Å². The average molecular weight is 229 g/mol. The number of aromatic nitrogens is 2. The molecule has 86 valence electrons. The highest BCUT2D eigenvalue weighted by Gasteiger charge is 2.05. The summed E-state index contributed by atoms with van der Waals surface area (Å²) in [4.78, 5) is 24.1. The molecule has 5 heteroatoms. The van der Waals surface area contributed by atoms with Crippen LogP contribution in [-0.4, -0.2) is 15.9 Å². The number of amides is 1. The first kappa shape index (κ1) is 11.2. The van der Waals surface area contributed by atoms with Crippen molar-refractivity contribution in [2.75, 3.05) is 0 Å². The van der Waals surface area contributed by atoms with E-state index in [4.69, 9.17) is 4.84 Å². The third-order valence-electron chi connectivity index (χ3n) is 2.06. The zero-order valence-corrected chi connectivity index (χ0v) is 9.04. The molecular weight excluding hydrogens is 218 g/mol. The maximum Gasteiger partial charge on any atom is 0.293 e. The maximum atomic E-state index is 11.5. The standard InChI is InChI=1S/C12H11N3O2/c16-12(11-6-7-13-9-14-11)15-17-8-10-4-2-1-3-5-10/h1-7,9H,8H2,(H,15,16). The lowest BCUT2D eigenvalue weighted by molar-refractivity contribution is 0.0229. The number of nitrogens with one attached hydrogen (secondary N) is 1. The molecule has 0 fully saturated rings. The van der Waals surface area contributed by atoms with Gasteiger partial charge in [0.05, 0.1) is 6.61 Å². The van der Waals surface area contributed by atoms with Crippen molar-refractivity contribution >= 4 is 5.91 Å². The summed E-state index contributed by atoms with van der Waals surface area (Å²) in [7, 11) is 0. The Balaban J connectivity index is 1.82. The van der Waals surface area contributed by atoms with Gasteiger partial charge >= 0.3 is 0 Å². The zero-order valence-electron chi connectivity index (χ0n) is 9.04. The largest absolute Gasteiger partial charge is 0.293 e. The Kier molecular flexibility index (Phi) is 3.77. The monoisotopic (exact) mass is 229 g/mol. The second-order valence-corrected chi connectivity index (χ2v) is 3.30. The number of carbonyl (C=O) groups is 1. The van der Waals surface area contributed by atoms with Gasteiger partial charge in [0.15, 0.2) is 0 Å². The smallest absolute Gasteiger partial charge is 0.269 e. The first-order chi connectivity index (χ1) is 8.36. The van der Waals surface area contributed by atoms with Crippen LogP contribution in [0.2, 0.25) is 0 Å². The number of hydrogen-bond acceptors (Lipinski definition) is 4. The van der Waals surface area contributed by atoms with Gasteiger partial charge in [-0.25, -0.2) is 15.4 Å². The van der Waals surface area contributed by atoms with Crippen molar-refractivity contribution < 1.29 is 9.63 Å². The second kappa shape index (κ2) is 5.72. The van der Waals surface area contributed by atoms with Gasteiger partial charge in [0, 0.05) is 6.20 Å². The molecule has 0 aliphatic rings. The Bertz CT molecular complexity index is 474. The molecule has 1 heterocycles. The van der Waals surface area contributed by atoms with E-state index in [2.05, 4.69) is 15.4 Å². The van der Waals surface area contributed by atoms with Gasteiger partial charge in [-0.1, -0.05) is 30.3 Å². The van der Waals surface area contributed by atoms with E-state index in [1.807, 2.05) is 30.3 Å². The summed E-state index contributed by atoms with van der Waals surface area (Å²) in [5, 5.41) is 0. The van der Waals surface area contributed by atoms with Gasteiger partial charge < -0.3 is 0 Å². The van der Waals surface area contributed by atoms with E-state index in [0.717, 1.165) is 5.56 Å². The number of rotatable bonds is 4. The Morgan fingerprint density at radius 2 is 2.06 bits per heavy atom. The first-order valence-corrected chi connectivity index (χ1v) is 5.08. The normalized spacial score (nSPS) is 9.88. The summed E-state index contributed by atoms with van der Waals surface area (Å²) < 4.78 is 0. The molecule has 0 unspecified atom stereocenters. The summed E-state index contributed by atoms with van der Waals surface area (Å²) in [6, 6.07) is 11.1. The van der Waals surface area contributed by atoms with E-state index in [0.29, 0.717) is 6.61 Å². The number of nitrogens with zero attached hydrogens (tertiary/aromatic N) is 2. The van der Waals surface area contributed by atoms with Crippen LogP contribution in [0.4, 0.5) is 0 Å². The minimum atomic E-state index is -0.386. The van der Waals surface area contributed by atoms with Crippen LogP contribution >= 0.6 is 0 Å². The van der Waals surface area contributed by atoms with Crippen LogP contribution in [-0.2, 0) is 11.4 Å². The molecule has 2 rings (SSSR count). The number of hydrogen-bond donors (Lipinski definition) is 1. The van der Waals surface area contributed by atoms with Gasteiger partial charge in [-0.3, -0.25) is 9.63 Å². The number of hydroxylamine groups is 1. The van der Waals surface area contributed by atoms with Gasteiger partial charge in [-0.2, -0.15) is 0 Å². The lowest BCUT2D eigenvalue weighted by atomic mass is 10.2. The fraction of sp³-hybridized carbons (Fsp3) is 0.0833. The van der Waals surface area contributed by atoms with Crippen LogP contribution in [0.3, 0.4) is 0 Å². The fourth-order valence-electron chi connectivity index (χ4n) is 1.24. The molecule has 0 radical (unpaired) electrons. The molecule has 0 spiro atoms. The SMILES string of the molecule is O=C(NOCc1ccccc1)c1ccncn1. The van der Waals surface area contributed by atoms with Gasteiger partial charge in [0.2, 0.25) is 0 Å². The Morgan fingerprint density at radius 3 is 2.76 bits per heavy atom. The average Bonchev–Trinajstić information content (AvgIpc) is 2.41. The van der Waals surface area contributed by atoms with E-state index < -0.39 is 0 Å². The molecule has 2 aromatic rings. The first-order valence-electron chi connectivity index (χ1n) is 5.08. The lowest BCUT2D eigenvalue weighted by Crippen LogP contribution is -2.24. The third kappa shape index (κ3) is 3.35. The van der Waals surface area contributed by atoms with E-state index in [9.17, 15) is 4.79 Å². The van der Waals surface area contributed by atoms with Crippen molar-refractivity contribution in [1.29, 1.82) is 0 Å². The minimum Gasteiger partial charge on any atom is -0.269 e. The fourth-order valence-corrected chi connectivity index (χ4v) is 1.24. The molecular formula is C12H11N3O2. The van der Waals surface area contributed by atoms with E-state index in [-0.39, 0.29) is 11.6 Å². The third-order valence-corrected chi connectivity index (χ3v) is 2.06. The summed E-state index contributed by atoms with van der Waals surface area (Å²) in [6.45, 7) is 0.317. The maximum absolute atomic E-state index is 11.5. The van der Waals surface area contributed by atoms with Gasteiger partial charge in [0.25, 0.3) is 5.91 Å². The molecule has 1 amide bonds. The lowest BCUT2D eigenvalue weighted by Gasteiger charge is -2.04. The zero-order chi connectivity index (χ0) is 11.9. The molecule has 0 saturated heterocycles. The Labute approximate surface area is 98.4 Å². The molecule has 0 aliphatic carbocycles. The van der Waals surface area contributed by atoms with Crippen LogP contribution in [0.1, 0.15) is 16.1 Å². The number of carbonyl (C=O) groups excluding carboxylic acids is 1. The van der Waals surface area contributed by atoms with Crippen LogP contribution in [0, 0.1) is 0 Å². The molecule has 1 aromatic carbocycles. The molecule has 0 atom stereocenters. The topological polar surface area (TPSA) is 64.1 Å². The molecule has 0 bridgehead atoms. The molecule has 1 N–H and O–H groups in total. The highest BCUT2D eigenvalue weighted by Crippen LogP contribution is 1.99. The molecule has 0 saturated carbocycles. The molecule has 0 aliphatic heterocycles. The van der Waals surface area contributed by atoms with Crippen LogP contribution in [0.25, 0.3) is 0 Å². The minimum absolute atomic E-state index is 0.271. The Morgan fingerprint density at radius 1 is 1.24 bits per heavy atom. The molecule has 17 heavy (non-hydrogen) atoms. The van der Waals surface area contributed by atoms with Gasteiger partial charge in [-0.05, 0) is 11.6 Å². The molecule has 5 nitrogen and oxygen atoms in total. The predicted octanol–water partition coefficient (Wildman–Crippen LogP) is 1.34. The second-order valence-electron chi connectivity index (χ2n) is 3.30. The summed E-state index contributed by atoms with van der Waals surface area (Å²) >= 11 is 0. The van der Waals surface area contributed by atoms with Gasteiger partial charge in [-0.15, -0.1) is 0 Å². The van der Waals surface area contributed by atoms with E-state index in [1.54, 1.807) is 0 Å². The summed E-state index contributed by atoms with van der Waals surface area (Å²) in [5.41, 5.74) is 3.57. The Hall–Kier alpha value is -2.27. The van der Waals surface area contributed by atoms with Crippen molar-refractivity contribution in [3.8, 4) is 0 Å². The van der Waals surface area contributed by atoms with Crippen LogP contribution in [0.5, 0.6) is 0 Å². The summed E-state index contributed by atoms with van der Waals surface area (Å²) in [5.74, 6) is -0.386. The van der Waals surface area contributed by atoms with Gasteiger partial charge in [0.1, 0.15) is 12.0 Å².